The number of carbonyl (C=O) groups is 1. The highest BCUT2D eigenvalue weighted by molar-refractivity contribution is 7.91. The van der Waals surface area contributed by atoms with Gasteiger partial charge in [0, 0.05) is 5.69 Å². The summed E-state index contributed by atoms with van der Waals surface area (Å²) in [5.41, 5.74) is -1.29. The highest BCUT2D eigenvalue weighted by Gasteiger charge is 2.33. The summed E-state index contributed by atoms with van der Waals surface area (Å²) >= 11 is 5.53. The van der Waals surface area contributed by atoms with Crippen molar-refractivity contribution >= 4 is 33.0 Å². The Morgan fingerprint density at radius 3 is 2.32 bits per heavy atom. The van der Waals surface area contributed by atoms with Crippen molar-refractivity contribution in [2.45, 2.75) is 16.2 Å². The minimum Gasteiger partial charge on any atom is -0.439 e. The normalized spacial score (nSPS) is 12.0. The van der Waals surface area contributed by atoms with Crippen LogP contribution in [-0.2, 0) is 16.0 Å². The smallest absolute Gasteiger partial charge is 0.417 e. The SMILES string of the molecule is O=C(Nc1ccc(Cl)c(C(F)(F)F)c1)c1ccc(S(=O)(=O)c2ccccc2)o1. The van der Waals surface area contributed by atoms with E-state index in [1.165, 1.54) is 30.3 Å². The summed E-state index contributed by atoms with van der Waals surface area (Å²) in [6.07, 6.45) is -4.70. The summed E-state index contributed by atoms with van der Waals surface area (Å²) in [7, 11) is -3.97. The van der Waals surface area contributed by atoms with Gasteiger partial charge in [0.05, 0.1) is 15.5 Å². The number of amides is 1. The second-order valence-electron chi connectivity index (χ2n) is 5.58. The van der Waals surface area contributed by atoms with Crippen LogP contribution in [0, 0.1) is 0 Å². The zero-order chi connectivity index (χ0) is 20.5. The first-order valence-electron chi connectivity index (χ1n) is 7.67. The van der Waals surface area contributed by atoms with Crippen LogP contribution in [0.25, 0.3) is 0 Å². The number of nitrogens with one attached hydrogen (secondary N) is 1. The number of carbonyl (C=O) groups excluding carboxylic acids is 1. The summed E-state index contributed by atoms with van der Waals surface area (Å²) in [5.74, 6) is -1.29. The molecule has 0 fully saturated rings. The molecule has 0 aliphatic carbocycles. The molecule has 1 heterocycles. The molecule has 1 amide bonds. The maximum absolute atomic E-state index is 12.9. The number of benzene rings is 2. The van der Waals surface area contributed by atoms with Crippen LogP contribution in [0.15, 0.2) is 75.1 Å². The number of anilines is 1. The first-order chi connectivity index (χ1) is 13.1. The van der Waals surface area contributed by atoms with Gasteiger partial charge in [-0.3, -0.25) is 4.79 Å². The number of halogens is 4. The third-order valence-corrected chi connectivity index (χ3v) is 5.62. The van der Waals surface area contributed by atoms with Gasteiger partial charge in [-0.15, -0.1) is 0 Å². The van der Waals surface area contributed by atoms with E-state index in [-0.39, 0.29) is 16.3 Å². The predicted molar refractivity (Wildman–Crippen MR) is 95.0 cm³/mol. The van der Waals surface area contributed by atoms with Gasteiger partial charge in [-0.2, -0.15) is 13.2 Å². The molecule has 0 aliphatic rings. The standard InChI is InChI=1S/C18H11ClF3NO4S/c19-14-7-6-11(10-13(14)18(20,21)22)23-17(24)15-8-9-16(27-15)28(25,26)12-4-2-1-3-5-12/h1-10H,(H,23,24). The molecule has 0 atom stereocenters. The number of rotatable bonds is 4. The van der Waals surface area contributed by atoms with Crippen LogP contribution in [0.3, 0.4) is 0 Å². The monoisotopic (exact) mass is 429 g/mol. The summed E-state index contributed by atoms with van der Waals surface area (Å²) < 4.78 is 68.7. The number of alkyl halides is 3. The number of hydrogen-bond donors (Lipinski definition) is 1. The van der Waals surface area contributed by atoms with E-state index in [0.717, 1.165) is 18.2 Å². The molecule has 2 aromatic carbocycles. The Balaban J connectivity index is 1.84. The topological polar surface area (TPSA) is 76.4 Å². The second kappa shape index (κ2) is 7.33. The van der Waals surface area contributed by atoms with Gasteiger partial charge in [-0.1, -0.05) is 29.8 Å². The van der Waals surface area contributed by atoms with E-state index in [1.54, 1.807) is 6.07 Å². The minimum absolute atomic E-state index is 0.0242. The molecule has 0 saturated carbocycles. The van der Waals surface area contributed by atoms with E-state index in [2.05, 4.69) is 5.32 Å². The zero-order valence-corrected chi connectivity index (χ0v) is 15.4. The highest BCUT2D eigenvalue weighted by atomic mass is 35.5. The first kappa shape index (κ1) is 20.0. The van der Waals surface area contributed by atoms with Gasteiger partial charge in [0.25, 0.3) is 5.91 Å². The number of hydrogen-bond acceptors (Lipinski definition) is 4. The molecule has 3 aromatic rings. The Hall–Kier alpha value is -2.78. The summed E-state index contributed by atoms with van der Waals surface area (Å²) in [6, 6.07) is 12.5. The van der Waals surface area contributed by atoms with Crippen LogP contribution < -0.4 is 5.32 Å². The maximum Gasteiger partial charge on any atom is 0.417 e. The number of sulfone groups is 1. The van der Waals surface area contributed by atoms with Crippen molar-refractivity contribution < 1.29 is 30.8 Å². The molecule has 0 spiro atoms. The second-order valence-corrected chi connectivity index (χ2v) is 7.87. The lowest BCUT2D eigenvalue weighted by Crippen LogP contribution is -2.13. The molecule has 146 valence electrons. The Bertz CT molecular complexity index is 1130. The first-order valence-corrected chi connectivity index (χ1v) is 9.53. The molecule has 28 heavy (non-hydrogen) atoms. The molecule has 0 saturated heterocycles. The third kappa shape index (κ3) is 4.05. The highest BCUT2D eigenvalue weighted by Crippen LogP contribution is 2.36. The summed E-state index contributed by atoms with van der Waals surface area (Å²) in [4.78, 5) is 12.2. The fraction of sp³-hybridized carbons (Fsp3) is 0.0556. The fourth-order valence-corrected chi connectivity index (χ4v) is 3.73. The van der Waals surface area contributed by atoms with Crippen LogP contribution in [0.4, 0.5) is 18.9 Å². The van der Waals surface area contributed by atoms with E-state index in [4.69, 9.17) is 16.0 Å². The van der Waals surface area contributed by atoms with E-state index in [9.17, 15) is 26.4 Å². The Labute approximate surface area is 162 Å². The van der Waals surface area contributed by atoms with Gasteiger partial charge in [0.15, 0.2) is 5.76 Å². The van der Waals surface area contributed by atoms with Crippen LogP contribution in [0.2, 0.25) is 5.02 Å². The molecule has 5 nitrogen and oxygen atoms in total. The molecule has 0 bridgehead atoms. The minimum atomic E-state index is -4.70. The van der Waals surface area contributed by atoms with Gasteiger partial charge >= 0.3 is 6.18 Å². The lowest BCUT2D eigenvalue weighted by molar-refractivity contribution is -0.137. The van der Waals surface area contributed by atoms with E-state index < -0.39 is 37.6 Å². The van der Waals surface area contributed by atoms with Gasteiger partial charge in [-0.25, -0.2) is 8.42 Å². The van der Waals surface area contributed by atoms with Crippen molar-refractivity contribution in [3.05, 3.63) is 77.0 Å². The van der Waals surface area contributed by atoms with Crippen molar-refractivity contribution in [1.82, 2.24) is 0 Å². The largest absolute Gasteiger partial charge is 0.439 e. The molecular formula is C18H11ClF3NO4S. The third-order valence-electron chi connectivity index (χ3n) is 3.65. The van der Waals surface area contributed by atoms with Gasteiger partial charge in [0.1, 0.15) is 0 Å². The molecule has 0 unspecified atom stereocenters. The van der Waals surface area contributed by atoms with E-state index >= 15 is 0 Å². The Kier molecular flexibility index (Phi) is 5.22. The van der Waals surface area contributed by atoms with Crippen LogP contribution in [0.1, 0.15) is 16.1 Å². The molecule has 1 aromatic heterocycles. The predicted octanol–water partition coefficient (Wildman–Crippen LogP) is 5.04. The number of furan rings is 1. The lowest BCUT2D eigenvalue weighted by atomic mass is 10.2. The maximum atomic E-state index is 12.9. The van der Waals surface area contributed by atoms with Gasteiger partial charge in [0.2, 0.25) is 14.9 Å². The quantitative estimate of drug-likeness (QED) is 0.630. The Morgan fingerprint density at radius 1 is 1.00 bits per heavy atom. The van der Waals surface area contributed by atoms with Crippen molar-refractivity contribution in [3.8, 4) is 0 Å². The molecule has 0 aliphatic heterocycles. The molecule has 0 radical (unpaired) electrons. The van der Waals surface area contributed by atoms with Gasteiger partial charge in [-0.05, 0) is 42.5 Å². The summed E-state index contributed by atoms with van der Waals surface area (Å²) in [6.45, 7) is 0. The van der Waals surface area contributed by atoms with Gasteiger partial charge < -0.3 is 9.73 Å². The van der Waals surface area contributed by atoms with Crippen LogP contribution >= 0.6 is 11.6 Å². The molecule has 3 rings (SSSR count). The average molecular weight is 430 g/mol. The molecule has 10 heteroatoms. The van der Waals surface area contributed by atoms with E-state index in [0.29, 0.717) is 6.07 Å². The molecular weight excluding hydrogens is 419 g/mol. The van der Waals surface area contributed by atoms with Crippen molar-refractivity contribution in [3.63, 3.8) is 0 Å². The van der Waals surface area contributed by atoms with E-state index in [1.807, 2.05) is 0 Å². The zero-order valence-electron chi connectivity index (χ0n) is 13.8. The van der Waals surface area contributed by atoms with Crippen LogP contribution in [-0.4, -0.2) is 14.3 Å². The lowest BCUT2D eigenvalue weighted by Gasteiger charge is -2.11. The Morgan fingerprint density at radius 2 is 1.68 bits per heavy atom. The van der Waals surface area contributed by atoms with Crippen molar-refractivity contribution in [2.24, 2.45) is 0 Å². The van der Waals surface area contributed by atoms with Crippen molar-refractivity contribution in [1.29, 1.82) is 0 Å². The molecule has 1 N–H and O–H groups in total. The average Bonchev–Trinajstić information content (AvgIpc) is 3.14. The summed E-state index contributed by atoms with van der Waals surface area (Å²) in [5, 5.41) is 1.24. The van der Waals surface area contributed by atoms with Crippen molar-refractivity contribution in [2.75, 3.05) is 5.32 Å². The fourth-order valence-electron chi connectivity index (χ4n) is 2.32. The van der Waals surface area contributed by atoms with Crippen LogP contribution in [0.5, 0.6) is 0 Å².